The summed E-state index contributed by atoms with van der Waals surface area (Å²) < 4.78 is -0.181. The topological polar surface area (TPSA) is 34.1 Å². The van der Waals surface area contributed by atoms with Gasteiger partial charge in [-0.25, -0.2) is 0 Å². The van der Waals surface area contributed by atoms with Crippen LogP contribution in [-0.2, 0) is 9.59 Å². The molecule has 0 bridgehead atoms. The van der Waals surface area contributed by atoms with Gasteiger partial charge in [0, 0.05) is 17.2 Å². The van der Waals surface area contributed by atoms with Gasteiger partial charge in [-0.05, 0) is 73.3 Å². The zero-order valence-corrected chi connectivity index (χ0v) is 20.5. The van der Waals surface area contributed by atoms with Crippen LogP contribution in [0.4, 0.5) is 0 Å². The lowest BCUT2D eigenvalue weighted by Gasteiger charge is -2.62. The van der Waals surface area contributed by atoms with Gasteiger partial charge >= 0.3 is 0 Å². The van der Waals surface area contributed by atoms with E-state index in [1.165, 1.54) is 5.57 Å². The maximum atomic E-state index is 12.8. The third kappa shape index (κ3) is 2.44. The van der Waals surface area contributed by atoms with Gasteiger partial charge in [-0.15, -0.1) is 0 Å². The summed E-state index contributed by atoms with van der Waals surface area (Å²) in [5.41, 5.74) is 2.18. The highest BCUT2D eigenvalue weighted by Gasteiger charge is 2.64. The van der Waals surface area contributed by atoms with Crippen LogP contribution >= 0.6 is 47.8 Å². The average Bonchev–Trinajstić information content (AvgIpc) is 2.88. The Kier molecular flexibility index (Phi) is 4.77. The molecule has 0 radical (unpaired) electrons. The summed E-state index contributed by atoms with van der Waals surface area (Å²) in [4.78, 5) is 25.4. The molecule has 0 aliphatic heterocycles. The Hall–Kier alpha value is 0.520. The fourth-order valence-electron chi connectivity index (χ4n) is 7.27. The lowest BCUT2D eigenvalue weighted by atomic mass is 9.45. The van der Waals surface area contributed by atoms with Gasteiger partial charge in [-0.3, -0.25) is 9.59 Å². The van der Waals surface area contributed by atoms with Gasteiger partial charge in [-0.2, -0.15) is 0 Å². The fourth-order valence-corrected chi connectivity index (χ4v) is 9.92. The smallest absolute Gasteiger partial charge is 0.172 e. The van der Waals surface area contributed by atoms with E-state index in [2.05, 4.69) is 61.6 Å². The third-order valence-electron chi connectivity index (χ3n) is 8.39. The van der Waals surface area contributed by atoms with Crippen LogP contribution in [0, 0.1) is 28.6 Å². The molecular weight excluding hydrogens is 524 g/mol. The normalized spacial score (nSPS) is 51.2. The number of hydrogen-bond acceptors (Lipinski definition) is 2. The number of hydrogen-bond donors (Lipinski definition) is 0. The monoisotopic (exact) mass is 548 g/mol. The molecule has 4 aliphatic carbocycles. The van der Waals surface area contributed by atoms with Crippen molar-refractivity contribution in [2.45, 2.75) is 68.4 Å². The van der Waals surface area contributed by atoms with E-state index < -0.39 is 0 Å². The van der Waals surface area contributed by atoms with E-state index in [9.17, 15) is 9.59 Å². The predicted octanol–water partition coefficient (Wildman–Crippen LogP) is 5.99. The first-order valence-electron chi connectivity index (χ1n) is 9.77. The number of fused-ring (bicyclic) bond motifs is 5. The second-order valence-corrected chi connectivity index (χ2v) is 12.7. The fraction of sp³-hybridized carbons (Fsp3) is 0.810. The van der Waals surface area contributed by atoms with Crippen LogP contribution in [0.15, 0.2) is 11.1 Å². The van der Waals surface area contributed by atoms with Crippen molar-refractivity contribution in [2.24, 2.45) is 28.6 Å². The summed E-state index contributed by atoms with van der Waals surface area (Å²) >= 11 is 11.5. The van der Waals surface area contributed by atoms with E-state index in [1.54, 1.807) is 0 Å². The summed E-state index contributed by atoms with van der Waals surface area (Å²) in [6.45, 7) is 6.64. The molecule has 0 aromatic carbocycles. The van der Waals surface area contributed by atoms with Crippen molar-refractivity contribution < 1.29 is 9.59 Å². The molecule has 4 aliphatic rings. The first-order valence-corrected chi connectivity index (χ1v) is 12.6. The van der Waals surface area contributed by atoms with Gasteiger partial charge in [0.25, 0.3) is 0 Å². The van der Waals surface area contributed by atoms with Crippen LogP contribution in [0.2, 0.25) is 0 Å². The van der Waals surface area contributed by atoms with Gasteiger partial charge in [0.1, 0.15) is 5.78 Å². The zero-order valence-electron chi connectivity index (χ0n) is 15.7. The number of rotatable bonds is 1. The van der Waals surface area contributed by atoms with Crippen molar-refractivity contribution in [3.8, 4) is 0 Å². The van der Waals surface area contributed by atoms with E-state index in [0.29, 0.717) is 23.5 Å². The zero-order chi connectivity index (χ0) is 19.1. The van der Waals surface area contributed by atoms with Crippen molar-refractivity contribution in [2.75, 3.05) is 5.33 Å². The number of alkyl halides is 3. The average molecular weight is 551 g/mol. The first-order chi connectivity index (χ1) is 12.1. The molecule has 0 aromatic heterocycles. The third-order valence-corrected chi connectivity index (χ3v) is 11.8. The number of ketones is 2. The lowest BCUT2D eigenvalue weighted by molar-refractivity contribution is -0.132. The molecule has 3 fully saturated rings. The molecule has 144 valence electrons. The highest BCUT2D eigenvalue weighted by molar-refractivity contribution is 9.12. The number of Topliss-reactive ketones (excluding diaryl/α,β-unsaturated/α-hetero) is 2. The van der Waals surface area contributed by atoms with Crippen molar-refractivity contribution in [1.82, 2.24) is 0 Å². The molecule has 0 aromatic rings. The van der Waals surface area contributed by atoms with Gasteiger partial charge < -0.3 is 0 Å². The van der Waals surface area contributed by atoms with Gasteiger partial charge in [0.15, 0.2) is 5.78 Å². The molecule has 0 N–H and O–H groups in total. The molecule has 5 heteroatoms. The largest absolute Gasteiger partial charge is 0.299 e. The van der Waals surface area contributed by atoms with Gasteiger partial charge in [0.05, 0.1) is 9.15 Å². The molecule has 26 heavy (non-hydrogen) atoms. The number of allylic oxidation sites excluding steroid dienone is 1. The maximum absolute atomic E-state index is 12.8. The van der Waals surface area contributed by atoms with E-state index in [0.717, 1.165) is 49.4 Å². The van der Waals surface area contributed by atoms with E-state index in [-0.39, 0.29) is 25.8 Å². The number of carbonyl (C=O) groups excluding carboxylic acids is 2. The highest BCUT2D eigenvalue weighted by Crippen LogP contribution is 2.68. The van der Waals surface area contributed by atoms with Crippen molar-refractivity contribution >= 4 is 59.4 Å². The SMILES string of the molecule is CC1=C2C(Br)(CBr)C[C@@H]3[C@H](CC[C@]4(C)C(=O)CC[C@@H]34)[C@@]2(C)CC(Br)C1=O. The maximum Gasteiger partial charge on any atom is 0.172 e. The molecule has 0 saturated heterocycles. The van der Waals surface area contributed by atoms with Crippen LogP contribution in [0.5, 0.6) is 0 Å². The van der Waals surface area contributed by atoms with Crippen LogP contribution in [0.1, 0.15) is 59.3 Å². The van der Waals surface area contributed by atoms with Crippen LogP contribution in [0.3, 0.4) is 0 Å². The quantitative estimate of drug-likeness (QED) is 0.376. The molecule has 7 atom stereocenters. The Morgan fingerprint density at radius 3 is 2.38 bits per heavy atom. The second-order valence-electron chi connectivity index (χ2n) is 9.55. The lowest BCUT2D eigenvalue weighted by Crippen LogP contribution is -2.58. The van der Waals surface area contributed by atoms with E-state index in [1.807, 2.05) is 6.92 Å². The highest BCUT2D eigenvalue weighted by atomic mass is 79.9. The summed E-state index contributed by atoms with van der Waals surface area (Å²) in [6, 6.07) is 0. The summed E-state index contributed by atoms with van der Waals surface area (Å²) in [5.74, 6) is 2.34. The van der Waals surface area contributed by atoms with Gasteiger partial charge in [-0.1, -0.05) is 61.6 Å². The Labute approximate surface area is 181 Å². The molecule has 0 amide bonds. The summed E-state index contributed by atoms with van der Waals surface area (Å²) in [6.07, 6.45) is 5.83. The van der Waals surface area contributed by atoms with Crippen LogP contribution in [0.25, 0.3) is 0 Å². The molecule has 2 nitrogen and oxygen atoms in total. The molecule has 3 saturated carbocycles. The number of halogens is 3. The Balaban J connectivity index is 1.86. The molecule has 4 rings (SSSR count). The minimum atomic E-state index is -0.181. The van der Waals surface area contributed by atoms with Crippen molar-refractivity contribution in [3.63, 3.8) is 0 Å². The Morgan fingerprint density at radius 2 is 1.73 bits per heavy atom. The van der Waals surface area contributed by atoms with E-state index >= 15 is 0 Å². The molecular formula is C21H27Br3O2. The Morgan fingerprint density at radius 1 is 1.08 bits per heavy atom. The summed E-state index contributed by atoms with van der Waals surface area (Å²) in [5, 5.41) is 0.809. The minimum absolute atomic E-state index is 0.0132. The molecule has 2 unspecified atom stereocenters. The van der Waals surface area contributed by atoms with Crippen molar-refractivity contribution in [1.29, 1.82) is 0 Å². The van der Waals surface area contributed by atoms with Crippen LogP contribution < -0.4 is 0 Å². The second kappa shape index (κ2) is 6.26. The Bertz CT molecular complexity index is 716. The standard InChI is InChI=1S/C21H27Br3O2/c1-11-17(26)15(23)9-20(3)14-6-7-19(2)13(4-5-16(19)25)12(14)8-21(24,10-22)18(11)20/h12-15H,4-10H2,1-3H3/t12-,13-,14-,15?,19-,20+,21?/m0/s1. The first kappa shape index (κ1) is 19.8. The molecule has 0 heterocycles. The van der Waals surface area contributed by atoms with Crippen molar-refractivity contribution in [3.05, 3.63) is 11.1 Å². The predicted molar refractivity (Wildman–Crippen MR) is 115 cm³/mol. The van der Waals surface area contributed by atoms with E-state index in [4.69, 9.17) is 0 Å². The molecule has 0 spiro atoms. The van der Waals surface area contributed by atoms with Gasteiger partial charge in [0.2, 0.25) is 0 Å². The summed E-state index contributed by atoms with van der Waals surface area (Å²) in [7, 11) is 0. The minimum Gasteiger partial charge on any atom is -0.299 e. The number of carbonyl (C=O) groups is 2. The van der Waals surface area contributed by atoms with Crippen LogP contribution in [-0.4, -0.2) is 26.0 Å².